The molecule has 2 fully saturated rings. The van der Waals surface area contributed by atoms with Crippen molar-refractivity contribution in [2.45, 2.75) is 0 Å². The fraction of sp³-hybridized carbons (Fsp3) is 0.900. The topological polar surface area (TPSA) is 23.6 Å². The van der Waals surface area contributed by atoms with Gasteiger partial charge >= 0.3 is 0 Å². The van der Waals surface area contributed by atoms with Gasteiger partial charge in [0.05, 0.1) is 6.54 Å². The molecule has 86 valence electrons. The molecule has 2 aliphatic heterocycles. The second kappa shape index (κ2) is 6.01. The molecule has 0 aromatic carbocycles. The van der Waals surface area contributed by atoms with Crippen molar-refractivity contribution in [2.24, 2.45) is 0 Å². The molecule has 0 aromatic heterocycles. The predicted octanol–water partition coefficient (Wildman–Crippen LogP) is 0.611. The van der Waals surface area contributed by atoms with Crippen LogP contribution in [-0.4, -0.2) is 71.4 Å². The van der Waals surface area contributed by atoms with Gasteiger partial charge in [0.15, 0.2) is 0 Å². The fourth-order valence-corrected chi connectivity index (χ4v) is 3.75. The van der Waals surface area contributed by atoms with Gasteiger partial charge in [-0.2, -0.15) is 23.5 Å². The van der Waals surface area contributed by atoms with Gasteiger partial charge in [-0.3, -0.25) is 9.69 Å². The number of rotatable bonds is 2. The highest BCUT2D eigenvalue weighted by Gasteiger charge is 2.20. The summed E-state index contributed by atoms with van der Waals surface area (Å²) in [4.78, 5) is 16.3. The summed E-state index contributed by atoms with van der Waals surface area (Å²) in [6.07, 6.45) is 0. The number of hydrogen-bond donors (Lipinski definition) is 0. The van der Waals surface area contributed by atoms with Crippen LogP contribution in [0.3, 0.4) is 0 Å². The molecule has 0 spiro atoms. The lowest BCUT2D eigenvalue weighted by Crippen LogP contribution is -2.46. The molecule has 0 atom stereocenters. The van der Waals surface area contributed by atoms with Gasteiger partial charge in [0.25, 0.3) is 0 Å². The molecule has 2 saturated heterocycles. The average Bonchev–Trinajstić information content (AvgIpc) is 2.31. The summed E-state index contributed by atoms with van der Waals surface area (Å²) in [6.45, 7) is 4.71. The molecule has 2 aliphatic rings. The number of carbonyl (C=O) groups is 1. The first-order valence-electron chi connectivity index (χ1n) is 5.52. The summed E-state index contributed by atoms with van der Waals surface area (Å²) in [6, 6.07) is 0. The minimum absolute atomic E-state index is 0.335. The van der Waals surface area contributed by atoms with Crippen molar-refractivity contribution in [3.8, 4) is 0 Å². The monoisotopic (exact) mass is 246 g/mol. The molecule has 0 saturated carbocycles. The first kappa shape index (κ1) is 11.6. The van der Waals surface area contributed by atoms with E-state index in [-0.39, 0.29) is 0 Å². The molecule has 15 heavy (non-hydrogen) atoms. The fourth-order valence-electron chi connectivity index (χ4n) is 1.86. The highest BCUT2D eigenvalue weighted by molar-refractivity contribution is 7.99. The maximum Gasteiger partial charge on any atom is 0.236 e. The Hall–Kier alpha value is 0.130. The lowest BCUT2D eigenvalue weighted by Gasteiger charge is -2.31. The van der Waals surface area contributed by atoms with Crippen molar-refractivity contribution in [3.63, 3.8) is 0 Å². The molecule has 0 bridgehead atoms. The Morgan fingerprint density at radius 1 is 0.933 bits per heavy atom. The third-order valence-corrected chi connectivity index (χ3v) is 4.71. The van der Waals surface area contributed by atoms with E-state index in [4.69, 9.17) is 0 Å². The van der Waals surface area contributed by atoms with E-state index in [2.05, 4.69) is 4.90 Å². The Kier molecular flexibility index (Phi) is 4.65. The van der Waals surface area contributed by atoms with E-state index in [0.29, 0.717) is 12.5 Å². The molecule has 3 nitrogen and oxygen atoms in total. The highest BCUT2D eigenvalue weighted by Crippen LogP contribution is 2.12. The number of nitrogens with zero attached hydrogens (tertiary/aromatic N) is 2. The zero-order valence-corrected chi connectivity index (χ0v) is 10.6. The summed E-state index contributed by atoms with van der Waals surface area (Å²) in [5.41, 5.74) is 0. The van der Waals surface area contributed by atoms with Gasteiger partial charge in [-0.1, -0.05) is 0 Å². The summed E-state index contributed by atoms with van der Waals surface area (Å²) in [7, 11) is 0. The van der Waals surface area contributed by atoms with Crippen molar-refractivity contribution in [2.75, 3.05) is 55.7 Å². The van der Waals surface area contributed by atoms with E-state index in [1.165, 1.54) is 11.5 Å². The van der Waals surface area contributed by atoms with Gasteiger partial charge < -0.3 is 4.90 Å². The first-order valence-corrected chi connectivity index (χ1v) is 7.83. The molecule has 0 unspecified atom stereocenters. The van der Waals surface area contributed by atoms with Crippen LogP contribution >= 0.6 is 23.5 Å². The highest BCUT2D eigenvalue weighted by atomic mass is 32.2. The minimum Gasteiger partial charge on any atom is -0.340 e. The number of carbonyl (C=O) groups excluding carboxylic acids is 1. The summed E-state index contributed by atoms with van der Waals surface area (Å²) in [5, 5.41) is 0. The molecule has 1 amide bonds. The normalized spacial score (nSPS) is 24.1. The van der Waals surface area contributed by atoms with Crippen molar-refractivity contribution < 1.29 is 4.79 Å². The average molecular weight is 246 g/mol. The van der Waals surface area contributed by atoms with Gasteiger partial charge in [-0.25, -0.2) is 0 Å². The zero-order chi connectivity index (χ0) is 10.5. The van der Waals surface area contributed by atoms with Crippen LogP contribution in [0.2, 0.25) is 0 Å². The SMILES string of the molecule is O=C(CN1CCSCC1)N1CCSCC1. The molecule has 5 heteroatoms. The molecule has 0 N–H and O–H groups in total. The quantitative estimate of drug-likeness (QED) is 0.712. The van der Waals surface area contributed by atoms with Gasteiger partial charge in [0.2, 0.25) is 5.91 Å². The molecule has 0 aliphatic carbocycles. The third-order valence-electron chi connectivity index (χ3n) is 2.83. The number of amides is 1. The van der Waals surface area contributed by atoms with E-state index in [1.807, 2.05) is 28.4 Å². The second-order valence-corrected chi connectivity index (χ2v) is 6.33. The first-order chi connectivity index (χ1) is 7.36. The second-order valence-electron chi connectivity index (χ2n) is 3.88. The molecule has 0 radical (unpaired) electrons. The van der Waals surface area contributed by atoms with Crippen LogP contribution in [0.1, 0.15) is 0 Å². The Morgan fingerprint density at radius 2 is 1.47 bits per heavy atom. The predicted molar refractivity (Wildman–Crippen MR) is 67.7 cm³/mol. The molecule has 2 rings (SSSR count). The van der Waals surface area contributed by atoms with E-state index in [9.17, 15) is 4.79 Å². The van der Waals surface area contributed by atoms with Crippen molar-refractivity contribution in [1.29, 1.82) is 0 Å². The Bertz CT molecular complexity index is 213. The number of hydrogen-bond acceptors (Lipinski definition) is 4. The van der Waals surface area contributed by atoms with Crippen LogP contribution in [0.5, 0.6) is 0 Å². The zero-order valence-electron chi connectivity index (χ0n) is 8.98. The van der Waals surface area contributed by atoms with E-state index in [0.717, 1.165) is 37.7 Å². The van der Waals surface area contributed by atoms with Crippen molar-refractivity contribution in [1.82, 2.24) is 9.80 Å². The molecule has 2 heterocycles. The Labute approximate surface area is 99.9 Å². The van der Waals surface area contributed by atoms with Crippen LogP contribution in [0.15, 0.2) is 0 Å². The number of thioether (sulfide) groups is 2. The smallest absolute Gasteiger partial charge is 0.236 e. The van der Waals surface area contributed by atoms with E-state index in [1.54, 1.807) is 0 Å². The lowest BCUT2D eigenvalue weighted by molar-refractivity contribution is -0.131. The lowest BCUT2D eigenvalue weighted by atomic mass is 10.4. The summed E-state index contributed by atoms with van der Waals surface area (Å²) >= 11 is 3.94. The van der Waals surface area contributed by atoms with Gasteiger partial charge in [0, 0.05) is 49.2 Å². The summed E-state index contributed by atoms with van der Waals surface area (Å²) < 4.78 is 0. The van der Waals surface area contributed by atoms with Crippen LogP contribution in [-0.2, 0) is 4.79 Å². The Morgan fingerprint density at radius 3 is 2.07 bits per heavy atom. The maximum atomic E-state index is 11.9. The molecular weight excluding hydrogens is 228 g/mol. The van der Waals surface area contributed by atoms with Gasteiger partial charge in [0.1, 0.15) is 0 Å². The molecule has 0 aromatic rings. The van der Waals surface area contributed by atoms with Crippen LogP contribution in [0, 0.1) is 0 Å². The summed E-state index contributed by atoms with van der Waals surface area (Å²) in [5.74, 6) is 4.93. The Balaban J connectivity index is 1.74. The molecular formula is C10H18N2OS2. The van der Waals surface area contributed by atoms with Crippen LogP contribution in [0.4, 0.5) is 0 Å². The van der Waals surface area contributed by atoms with Gasteiger partial charge in [-0.15, -0.1) is 0 Å². The van der Waals surface area contributed by atoms with Crippen LogP contribution < -0.4 is 0 Å². The standard InChI is InChI=1S/C10H18N2OS2/c13-10(12-3-7-15-8-4-12)9-11-1-5-14-6-2-11/h1-9H2. The maximum absolute atomic E-state index is 11.9. The largest absolute Gasteiger partial charge is 0.340 e. The van der Waals surface area contributed by atoms with Crippen LogP contribution in [0.25, 0.3) is 0 Å². The van der Waals surface area contributed by atoms with Crippen molar-refractivity contribution in [3.05, 3.63) is 0 Å². The van der Waals surface area contributed by atoms with Gasteiger partial charge in [-0.05, 0) is 0 Å². The van der Waals surface area contributed by atoms with E-state index >= 15 is 0 Å². The minimum atomic E-state index is 0.335. The third kappa shape index (κ3) is 3.57. The van der Waals surface area contributed by atoms with Crippen molar-refractivity contribution >= 4 is 29.4 Å². The van der Waals surface area contributed by atoms with E-state index < -0.39 is 0 Å².